The average Bonchev–Trinajstić information content (AvgIpc) is 2.63. The third kappa shape index (κ3) is 6.15. The van der Waals surface area contributed by atoms with Gasteiger partial charge in [-0.1, -0.05) is 23.7 Å². The smallest absolute Gasteiger partial charge is 0.255 e. The third-order valence-electron chi connectivity index (χ3n) is 3.52. The first-order chi connectivity index (χ1) is 13.2. The summed E-state index contributed by atoms with van der Waals surface area (Å²) in [4.78, 5) is 23.0. The second-order valence-electron chi connectivity index (χ2n) is 5.81. The lowest BCUT2D eigenvalue weighted by Crippen LogP contribution is -2.36. The Morgan fingerprint density at radius 2 is 1.71 bits per heavy atom. The number of anilines is 1. The Kier molecular flexibility index (Phi) is 7.27. The first kappa shape index (κ1) is 21.5. The lowest BCUT2D eigenvalue weighted by atomic mass is 10.2. The van der Waals surface area contributed by atoms with Crippen molar-refractivity contribution in [3.05, 3.63) is 59.1 Å². The molecule has 8 nitrogen and oxygen atoms in total. The number of benzene rings is 2. The molecule has 10 heteroatoms. The van der Waals surface area contributed by atoms with Crippen LogP contribution in [-0.4, -0.2) is 44.3 Å². The number of amides is 2. The lowest BCUT2D eigenvalue weighted by Gasteiger charge is -2.16. The second-order valence-corrected chi connectivity index (χ2v) is 8.29. The molecule has 2 amide bonds. The van der Waals surface area contributed by atoms with Crippen molar-refractivity contribution in [1.82, 2.24) is 9.73 Å². The number of hydrazone groups is 1. The molecule has 0 atom stereocenters. The van der Waals surface area contributed by atoms with Crippen molar-refractivity contribution in [2.75, 3.05) is 18.9 Å². The average molecular weight is 423 g/mol. The van der Waals surface area contributed by atoms with Crippen molar-refractivity contribution >= 4 is 45.3 Å². The fourth-order valence-electron chi connectivity index (χ4n) is 2.14. The van der Waals surface area contributed by atoms with Crippen molar-refractivity contribution in [2.24, 2.45) is 5.10 Å². The Labute approximate surface area is 168 Å². The van der Waals surface area contributed by atoms with E-state index in [0.717, 1.165) is 9.87 Å². The van der Waals surface area contributed by atoms with Crippen molar-refractivity contribution in [2.45, 2.75) is 11.8 Å². The van der Waals surface area contributed by atoms with Crippen LogP contribution in [0.3, 0.4) is 0 Å². The third-order valence-corrected chi connectivity index (χ3v) is 5.59. The normalized spacial score (nSPS) is 11.6. The zero-order valence-electron chi connectivity index (χ0n) is 15.2. The molecule has 0 radical (unpaired) electrons. The molecule has 2 N–H and O–H groups in total. The molecule has 0 aliphatic carbocycles. The van der Waals surface area contributed by atoms with E-state index in [0.29, 0.717) is 10.7 Å². The summed E-state index contributed by atoms with van der Waals surface area (Å²) in [5, 5.41) is 6.92. The van der Waals surface area contributed by atoms with E-state index in [1.165, 1.54) is 44.5 Å². The summed E-state index contributed by atoms with van der Waals surface area (Å²) in [6.45, 7) is 0.945. The van der Waals surface area contributed by atoms with Crippen LogP contribution in [0.25, 0.3) is 0 Å². The molecule has 2 aromatic carbocycles. The van der Waals surface area contributed by atoms with E-state index in [4.69, 9.17) is 11.6 Å². The van der Waals surface area contributed by atoms with Gasteiger partial charge in [-0.15, -0.1) is 0 Å². The summed E-state index contributed by atoms with van der Waals surface area (Å²) in [7, 11) is -2.58. The zero-order chi connectivity index (χ0) is 20.7. The van der Waals surface area contributed by atoms with Gasteiger partial charge in [0.2, 0.25) is 15.9 Å². The van der Waals surface area contributed by atoms with Gasteiger partial charge in [-0.3, -0.25) is 9.59 Å². The quantitative estimate of drug-likeness (QED) is 0.526. The van der Waals surface area contributed by atoms with Gasteiger partial charge >= 0.3 is 0 Å². The predicted molar refractivity (Wildman–Crippen MR) is 108 cm³/mol. The first-order valence-corrected chi connectivity index (χ1v) is 9.92. The Bertz CT molecular complexity index is 974. The zero-order valence-corrected chi connectivity index (χ0v) is 16.8. The van der Waals surface area contributed by atoms with Gasteiger partial charge in [0.1, 0.15) is 0 Å². The minimum absolute atomic E-state index is 0.00145. The predicted octanol–water partition coefficient (Wildman–Crippen LogP) is 2.07. The van der Waals surface area contributed by atoms with Gasteiger partial charge in [-0.05, 0) is 42.0 Å². The van der Waals surface area contributed by atoms with Crippen LogP contribution in [0.1, 0.15) is 12.5 Å². The maximum atomic E-state index is 12.5. The summed E-state index contributed by atoms with van der Waals surface area (Å²) < 4.78 is 26.0. The molecule has 148 valence electrons. The van der Waals surface area contributed by atoms with E-state index in [1.807, 2.05) is 0 Å². The van der Waals surface area contributed by atoms with E-state index >= 15 is 0 Å². The molecule has 0 saturated carbocycles. The molecular weight excluding hydrogens is 404 g/mol. The minimum Gasteiger partial charge on any atom is -0.326 e. The molecule has 2 aromatic rings. The van der Waals surface area contributed by atoms with E-state index in [9.17, 15) is 18.0 Å². The van der Waals surface area contributed by atoms with Crippen LogP contribution < -0.4 is 10.7 Å². The van der Waals surface area contributed by atoms with Gasteiger partial charge in [0.15, 0.2) is 0 Å². The first-order valence-electron chi connectivity index (χ1n) is 8.10. The molecule has 0 fully saturated rings. The maximum absolute atomic E-state index is 12.5. The molecule has 0 aromatic heterocycles. The Morgan fingerprint density at radius 3 is 2.29 bits per heavy atom. The van der Waals surface area contributed by atoms with Gasteiger partial charge < -0.3 is 5.32 Å². The summed E-state index contributed by atoms with van der Waals surface area (Å²) in [6.07, 6.45) is 1.42. The molecular formula is C18H19ClN4O4S. The Balaban J connectivity index is 1.96. The summed E-state index contributed by atoms with van der Waals surface area (Å²) >= 11 is 5.78. The molecule has 0 bridgehead atoms. The van der Waals surface area contributed by atoms with Gasteiger partial charge in [-0.25, -0.2) is 13.8 Å². The van der Waals surface area contributed by atoms with Crippen LogP contribution in [0.4, 0.5) is 5.69 Å². The molecule has 28 heavy (non-hydrogen) atoms. The number of halogens is 1. The van der Waals surface area contributed by atoms with Gasteiger partial charge in [0.25, 0.3) is 5.91 Å². The molecule has 0 aliphatic rings. The number of sulfonamides is 1. The summed E-state index contributed by atoms with van der Waals surface area (Å²) in [6, 6.07) is 12.5. The monoisotopic (exact) mass is 422 g/mol. The molecule has 0 spiro atoms. The molecule has 0 aliphatic heterocycles. The van der Waals surface area contributed by atoms with Crippen molar-refractivity contribution in [1.29, 1.82) is 0 Å². The molecule has 0 heterocycles. The molecule has 0 unspecified atom stereocenters. The van der Waals surface area contributed by atoms with Gasteiger partial charge in [0, 0.05) is 24.7 Å². The van der Waals surface area contributed by atoms with Crippen molar-refractivity contribution in [3.8, 4) is 0 Å². The number of carbonyl (C=O) groups excluding carboxylic acids is 2. The number of hydrogen-bond donors (Lipinski definition) is 2. The molecule has 2 rings (SSSR count). The van der Waals surface area contributed by atoms with Crippen molar-refractivity contribution < 1.29 is 18.0 Å². The molecule has 0 saturated heterocycles. The lowest BCUT2D eigenvalue weighted by molar-refractivity contribution is -0.121. The highest BCUT2D eigenvalue weighted by Gasteiger charge is 2.22. The Hall–Kier alpha value is -2.75. The number of hydrogen-bond acceptors (Lipinski definition) is 5. The number of nitrogens with one attached hydrogen (secondary N) is 2. The van der Waals surface area contributed by atoms with Gasteiger partial charge in [-0.2, -0.15) is 9.41 Å². The highest BCUT2D eigenvalue weighted by molar-refractivity contribution is 7.89. The number of carbonyl (C=O) groups is 2. The number of rotatable bonds is 7. The maximum Gasteiger partial charge on any atom is 0.255 e. The van der Waals surface area contributed by atoms with Gasteiger partial charge in [0.05, 0.1) is 17.7 Å². The topological polar surface area (TPSA) is 108 Å². The fourth-order valence-corrected chi connectivity index (χ4v) is 3.40. The summed E-state index contributed by atoms with van der Waals surface area (Å²) in [5.41, 5.74) is 3.48. The Morgan fingerprint density at radius 1 is 1.11 bits per heavy atom. The van der Waals surface area contributed by atoms with Crippen LogP contribution in [0, 0.1) is 0 Å². The largest absolute Gasteiger partial charge is 0.326 e. The van der Waals surface area contributed by atoms with E-state index in [-0.39, 0.29) is 10.8 Å². The fraction of sp³-hybridized carbons (Fsp3) is 0.167. The van der Waals surface area contributed by atoms with Crippen LogP contribution >= 0.6 is 11.6 Å². The van der Waals surface area contributed by atoms with Crippen LogP contribution in [0.2, 0.25) is 5.02 Å². The van der Waals surface area contributed by atoms with Crippen LogP contribution in [-0.2, 0) is 19.6 Å². The number of likely N-dealkylation sites (N-methyl/N-ethyl adjacent to an activating group) is 1. The van der Waals surface area contributed by atoms with Crippen LogP contribution in [0.15, 0.2) is 58.5 Å². The van der Waals surface area contributed by atoms with Crippen molar-refractivity contribution in [3.63, 3.8) is 0 Å². The highest BCUT2D eigenvalue weighted by Crippen LogP contribution is 2.17. The SMILES string of the molecule is CC(=O)Nc1ccc(S(=O)(=O)N(C)CC(=O)N/N=C/c2ccc(Cl)cc2)cc1. The minimum atomic E-state index is -3.87. The second kappa shape index (κ2) is 9.45. The van der Waals surface area contributed by atoms with Crippen LogP contribution in [0.5, 0.6) is 0 Å². The highest BCUT2D eigenvalue weighted by atomic mass is 35.5. The number of nitrogens with zero attached hydrogens (tertiary/aromatic N) is 2. The summed E-state index contributed by atoms with van der Waals surface area (Å²) in [5.74, 6) is -0.852. The standard InChI is InChI=1S/C18H19ClN4O4S/c1-13(24)21-16-7-9-17(10-8-16)28(26,27)23(2)12-18(25)22-20-11-14-3-5-15(19)6-4-14/h3-11H,12H2,1-2H3,(H,21,24)(H,22,25)/b20-11+. The van der Waals surface area contributed by atoms with E-state index in [2.05, 4.69) is 15.8 Å². The van der Waals surface area contributed by atoms with E-state index < -0.39 is 22.5 Å². The van der Waals surface area contributed by atoms with E-state index in [1.54, 1.807) is 24.3 Å².